The molecule has 0 aromatic heterocycles. The van der Waals surface area contributed by atoms with E-state index in [0.717, 1.165) is 24.9 Å². The number of aliphatic hydroxyl groups excluding tert-OH is 2. The van der Waals surface area contributed by atoms with Gasteiger partial charge in [-0.1, -0.05) is 60.1 Å². The summed E-state index contributed by atoms with van der Waals surface area (Å²) in [6.45, 7) is 9.83. The van der Waals surface area contributed by atoms with Crippen LogP contribution in [0.25, 0.3) is 0 Å². The van der Waals surface area contributed by atoms with Crippen molar-refractivity contribution in [3.8, 4) is 0 Å². The summed E-state index contributed by atoms with van der Waals surface area (Å²) in [6, 6.07) is 8.31. The maximum Gasteiger partial charge on any atom is 0.0761 e. The van der Waals surface area contributed by atoms with E-state index in [4.69, 9.17) is 0 Å². The number of allylic oxidation sites excluding steroid dienone is 2. The molecule has 0 saturated heterocycles. The number of hydrogen-bond acceptors (Lipinski definition) is 3. The molecule has 1 aromatic rings. The summed E-state index contributed by atoms with van der Waals surface area (Å²) in [4.78, 5) is 0. The maximum atomic E-state index is 10.6. The van der Waals surface area contributed by atoms with Gasteiger partial charge in [-0.05, 0) is 83.7 Å². The van der Waals surface area contributed by atoms with Crippen molar-refractivity contribution in [3.05, 3.63) is 59.2 Å². The van der Waals surface area contributed by atoms with E-state index in [2.05, 4.69) is 63.4 Å². The van der Waals surface area contributed by atoms with Crippen LogP contribution in [0.3, 0.4) is 0 Å². The molecule has 1 fully saturated rings. The lowest BCUT2D eigenvalue weighted by Crippen LogP contribution is -2.36. The summed E-state index contributed by atoms with van der Waals surface area (Å²) in [5, 5.41) is 24.6. The van der Waals surface area contributed by atoms with Gasteiger partial charge in [-0.25, -0.2) is 0 Å². The van der Waals surface area contributed by atoms with Gasteiger partial charge in [0.25, 0.3) is 0 Å². The van der Waals surface area contributed by atoms with Gasteiger partial charge in [0.2, 0.25) is 0 Å². The van der Waals surface area contributed by atoms with Gasteiger partial charge in [0.05, 0.1) is 12.2 Å². The topological polar surface area (TPSA) is 52.5 Å². The van der Waals surface area contributed by atoms with Gasteiger partial charge in [-0.15, -0.1) is 0 Å². The summed E-state index contributed by atoms with van der Waals surface area (Å²) < 4.78 is 0. The zero-order chi connectivity index (χ0) is 22.4. The fourth-order valence-corrected chi connectivity index (χ4v) is 5.31. The molecule has 2 aliphatic carbocycles. The van der Waals surface area contributed by atoms with Crippen molar-refractivity contribution >= 4 is 0 Å². The third-order valence-electron chi connectivity index (χ3n) is 6.86. The van der Waals surface area contributed by atoms with Crippen LogP contribution in [0.1, 0.15) is 70.4 Å². The minimum Gasteiger partial charge on any atom is -0.392 e. The van der Waals surface area contributed by atoms with Crippen molar-refractivity contribution in [3.63, 3.8) is 0 Å². The molecular weight excluding hydrogens is 382 g/mol. The van der Waals surface area contributed by atoms with Gasteiger partial charge in [0, 0.05) is 17.9 Å². The van der Waals surface area contributed by atoms with E-state index in [1.807, 2.05) is 12.1 Å². The quantitative estimate of drug-likeness (QED) is 0.350. The van der Waals surface area contributed by atoms with Crippen LogP contribution in [0.5, 0.6) is 0 Å². The largest absolute Gasteiger partial charge is 0.392 e. The van der Waals surface area contributed by atoms with Gasteiger partial charge in [-0.2, -0.15) is 0 Å². The van der Waals surface area contributed by atoms with Gasteiger partial charge < -0.3 is 15.5 Å². The maximum absolute atomic E-state index is 10.6. The minimum atomic E-state index is -0.497. The average molecular weight is 426 g/mol. The Hall–Kier alpha value is -1.42. The molecule has 0 heterocycles. The third kappa shape index (κ3) is 7.59. The van der Waals surface area contributed by atoms with Crippen molar-refractivity contribution in [1.29, 1.82) is 0 Å². The van der Waals surface area contributed by atoms with E-state index in [1.54, 1.807) is 5.57 Å². The first kappa shape index (κ1) is 24.2. The Morgan fingerprint density at radius 2 is 2.00 bits per heavy atom. The molecule has 0 radical (unpaired) electrons. The zero-order valence-corrected chi connectivity index (χ0v) is 20.0. The Labute approximate surface area is 189 Å². The Morgan fingerprint density at radius 3 is 2.74 bits per heavy atom. The lowest BCUT2D eigenvalue weighted by Gasteiger charge is -2.20. The Morgan fingerprint density at radius 1 is 1.19 bits per heavy atom. The molecule has 1 aromatic carbocycles. The summed E-state index contributed by atoms with van der Waals surface area (Å²) in [5.41, 5.74) is 4.18. The molecule has 0 bridgehead atoms. The standard InChI is InChI=1S/C28H43NO2/c1-20-9-8-11-21(15-20)17-24(30)12-13-25-26-18-22(16-23(26)19-27(25)31)10-6-5-7-14-29-28(2,3)4/h8-9,11-13,15-16,23-27,29-31H,5-7,10,14,17-19H2,1-4H3/t23-,24+,25+,26-,27+/m0/s1. The van der Waals surface area contributed by atoms with Crippen molar-refractivity contribution < 1.29 is 10.2 Å². The summed E-state index contributed by atoms with van der Waals surface area (Å²) in [6.07, 6.45) is 13.3. The smallest absolute Gasteiger partial charge is 0.0761 e. The fourth-order valence-electron chi connectivity index (χ4n) is 5.31. The summed E-state index contributed by atoms with van der Waals surface area (Å²) >= 11 is 0. The monoisotopic (exact) mass is 425 g/mol. The number of hydrogen-bond donors (Lipinski definition) is 3. The van der Waals surface area contributed by atoms with Crippen molar-refractivity contribution in [1.82, 2.24) is 5.32 Å². The van der Waals surface area contributed by atoms with Crippen LogP contribution < -0.4 is 5.32 Å². The molecule has 2 aliphatic rings. The van der Waals surface area contributed by atoms with Gasteiger partial charge >= 0.3 is 0 Å². The Bertz CT molecular complexity index is 761. The number of nitrogens with one attached hydrogen (secondary N) is 1. The van der Waals surface area contributed by atoms with Crippen molar-refractivity contribution in [2.24, 2.45) is 17.8 Å². The number of aliphatic hydroxyl groups is 2. The molecule has 3 nitrogen and oxygen atoms in total. The molecule has 0 amide bonds. The van der Waals surface area contributed by atoms with E-state index in [1.165, 1.54) is 31.2 Å². The lowest BCUT2D eigenvalue weighted by molar-refractivity contribution is 0.140. The van der Waals surface area contributed by atoms with E-state index in [9.17, 15) is 10.2 Å². The first-order valence-corrected chi connectivity index (χ1v) is 12.3. The lowest BCUT2D eigenvalue weighted by atomic mass is 9.88. The number of aryl methyl sites for hydroxylation is 1. The Balaban J connectivity index is 1.42. The van der Waals surface area contributed by atoms with Crippen LogP contribution in [0.4, 0.5) is 0 Å². The number of fused-ring (bicyclic) bond motifs is 1. The predicted octanol–water partition coefficient (Wildman–Crippen LogP) is 5.35. The number of rotatable bonds is 10. The molecule has 172 valence electrons. The molecule has 0 spiro atoms. The van der Waals surface area contributed by atoms with Crippen molar-refractivity contribution in [2.75, 3.05) is 6.54 Å². The highest BCUT2D eigenvalue weighted by Gasteiger charge is 2.43. The second-order valence-corrected chi connectivity index (χ2v) is 10.9. The Kier molecular flexibility index (Phi) is 8.55. The van der Waals surface area contributed by atoms with Crippen LogP contribution in [0.2, 0.25) is 0 Å². The second kappa shape index (κ2) is 10.9. The molecule has 3 rings (SSSR count). The normalized spacial score (nSPS) is 27.0. The third-order valence-corrected chi connectivity index (χ3v) is 6.86. The molecule has 3 heteroatoms. The van der Waals surface area contributed by atoms with Crippen molar-refractivity contribution in [2.45, 2.75) is 90.4 Å². The average Bonchev–Trinajstić information content (AvgIpc) is 3.18. The highest BCUT2D eigenvalue weighted by atomic mass is 16.3. The minimum absolute atomic E-state index is 0.168. The van der Waals surface area contributed by atoms with E-state index >= 15 is 0 Å². The first-order valence-electron chi connectivity index (χ1n) is 12.3. The van der Waals surface area contributed by atoms with Gasteiger partial charge in [-0.3, -0.25) is 0 Å². The molecule has 3 N–H and O–H groups in total. The SMILES string of the molecule is Cc1cccc(C[C@H](O)C=C[C@@H]2[C@H]3CC(CCCCCNC(C)(C)C)=C[C@H]3C[C@H]2O)c1. The van der Waals surface area contributed by atoms with E-state index in [0.29, 0.717) is 18.3 Å². The van der Waals surface area contributed by atoms with E-state index < -0.39 is 6.10 Å². The van der Waals surface area contributed by atoms with Crippen LogP contribution in [-0.4, -0.2) is 34.5 Å². The fraction of sp³-hybridized carbons (Fsp3) is 0.643. The van der Waals surface area contributed by atoms with Gasteiger partial charge in [0.15, 0.2) is 0 Å². The van der Waals surface area contributed by atoms with Crippen LogP contribution in [0, 0.1) is 24.7 Å². The van der Waals surface area contributed by atoms with Crippen LogP contribution >= 0.6 is 0 Å². The van der Waals surface area contributed by atoms with Gasteiger partial charge in [0.1, 0.15) is 0 Å². The van der Waals surface area contributed by atoms with E-state index in [-0.39, 0.29) is 17.6 Å². The number of unbranched alkanes of at least 4 members (excludes halogenated alkanes) is 2. The van der Waals surface area contributed by atoms with Crippen LogP contribution in [0.15, 0.2) is 48.1 Å². The summed E-state index contributed by atoms with van der Waals surface area (Å²) in [5.74, 6) is 1.19. The molecule has 31 heavy (non-hydrogen) atoms. The van der Waals surface area contributed by atoms with Crippen LogP contribution in [-0.2, 0) is 6.42 Å². The highest BCUT2D eigenvalue weighted by Crippen LogP contribution is 2.48. The molecule has 5 atom stereocenters. The molecule has 0 aliphatic heterocycles. The number of benzene rings is 1. The highest BCUT2D eigenvalue weighted by molar-refractivity contribution is 5.24. The predicted molar refractivity (Wildman–Crippen MR) is 130 cm³/mol. The second-order valence-electron chi connectivity index (χ2n) is 10.9. The zero-order valence-electron chi connectivity index (χ0n) is 20.0. The summed E-state index contributed by atoms with van der Waals surface area (Å²) in [7, 11) is 0. The first-order chi connectivity index (χ1) is 14.7. The molecule has 1 saturated carbocycles. The molecular formula is C28H43NO2. The molecule has 0 unspecified atom stereocenters.